The molecular weight excluding hydrogens is 496 g/mol. The average molecular weight is 533 g/mol. The Hall–Kier alpha value is -2.95. The number of carbonyl (C=O) groups excluding carboxylic acids is 2. The molecule has 2 aliphatic carbocycles. The van der Waals surface area contributed by atoms with E-state index in [4.69, 9.17) is 9.47 Å². The zero-order chi connectivity index (χ0) is 26.6. The van der Waals surface area contributed by atoms with Gasteiger partial charge in [0.2, 0.25) is 0 Å². The van der Waals surface area contributed by atoms with Gasteiger partial charge in [0.05, 0.1) is 6.10 Å². The summed E-state index contributed by atoms with van der Waals surface area (Å²) < 4.78 is 36.3. The minimum absolute atomic E-state index is 0.0674. The second-order valence-corrected chi connectivity index (χ2v) is 12.4. The summed E-state index contributed by atoms with van der Waals surface area (Å²) in [6.45, 7) is 0.0674. The number of Topliss-reactive ketones (excluding diaryl/α,β-unsaturated/α-hetero) is 1. The Labute approximate surface area is 218 Å². The minimum Gasteiger partial charge on any atom is -0.490 e. The zero-order valence-corrected chi connectivity index (χ0v) is 22.6. The molecule has 0 N–H and O–H groups in total. The highest BCUT2D eigenvalue weighted by atomic mass is 32.2. The van der Waals surface area contributed by atoms with Gasteiger partial charge in [-0.3, -0.25) is 4.79 Å². The van der Waals surface area contributed by atoms with Gasteiger partial charge in [0, 0.05) is 37.9 Å². The number of aryl methyl sites for hydroxylation is 1. The van der Waals surface area contributed by atoms with Crippen molar-refractivity contribution < 1.29 is 27.5 Å². The van der Waals surface area contributed by atoms with E-state index in [1.165, 1.54) is 0 Å². The highest BCUT2D eigenvalue weighted by Crippen LogP contribution is 2.30. The summed E-state index contributed by atoms with van der Waals surface area (Å²) in [7, 11) is 0.221. The molecule has 202 valence electrons. The lowest BCUT2D eigenvalue weighted by molar-refractivity contribution is -0.122. The van der Waals surface area contributed by atoms with E-state index in [9.17, 15) is 18.0 Å². The smallest absolute Gasteiger partial charge is 0.410 e. The number of benzene rings is 1. The monoisotopic (exact) mass is 532 g/mol. The van der Waals surface area contributed by atoms with Gasteiger partial charge in [-0.05, 0) is 62.8 Å². The number of amides is 1. The second-order valence-electron chi connectivity index (χ2n) is 10.3. The molecule has 0 unspecified atom stereocenters. The fraction of sp³-hybridized carbons (Fsp3) is 0.615. The molecule has 2 fully saturated rings. The van der Waals surface area contributed by atoms with Crippen LogP contribution in [0.15, 0.2) is 24.3 Å². The van der Waals surface area contributed by atoms with Gasteiger partial charge in [-0.25, -0.2) is 17.9 Å². The Morgan fingerprint density at radius 3 is 2.46 bits per heavy atom. The van der Waals surface area contributed by atoms with E-state index in [1.807, 2.05) is 24.3 Å². The van der Waals surface area contributed by atoms with Crippen LogP contribution in [-0.2, 0) is 33.0 Å². The van der Waals surface area contributed by atoms with Crippen LogP contribution in [0.25, 0.3) is 11.3 Å². The molecule has 4 rings (SSSR count). The van der Waals surface area contributed by atoms with Gasteiger partial charge in [-0.1, -0.05) is 18.1 Å². The van der Waals surface area contributed by atoms with Crippen molar-refractivity contribution in [2.75, 3.05) is 19.1 Å². The van der Waals surface area contributed by atoms with Crippen LogP contribution in [-0.4, -0.2) is 71.4 Å². The first-order chi connectivity index (χ1) is 17.6. The Kier molecular flexibility index (Phi) is 8.51. The molecule has 0 spiro atoms. The van der Waals surface area contributed by atoms with Crippen molar-refractivity contribution in [3.63, 3.8) is 0 Å². The fourth-order valence-corrected chi connectivity index (χ4v) is 5.99. The number of rotatable bonds is 9. The van der Waals surface area contributed by atoms with Crippen molar-refractivity contribution in [1.82, 2.24) is 19.9 Å². The molecule has 2 aromatic rings. The summed E-state index contributed by atoms with van der Waals surface area (Å²) in [4.78, 5) is 26.6. The Balaban J connectivity index is 1.36. The van der Waals surface area contributed by atoms with E-state index in [0.717, 1.165) is 50.3 Å². The summed E-state index contributed by atoms with van der Waals surface area (Å²) in [5, 5.41) is 8.39. The Bertz CT molecular complexity index is 1200. The summed E-state index contributed by atoms with van der Waals surface area (Å²) >= 11 is 0. The molecule has 0 radical (unpaired) electrons. The average Bonchev–Trinajstić information content (AvgIpc) is 3.52. The van der Waals surface area contributed by atoms with E-state index in [1.54, 1.807) is 23.7 Å². The third-order valence-corrected chi connectivity index (χ3v) is 8.16. The molecule has 0 saturated heterocycles. The molecule has 2 aliphatic rings. The van der Waals surface area contributed by atoms with Crippen LogP contribution < -0.4 is 4.74 Å². The number of aromatic nitrogens is 3. The first-order valence-corrected chi connectivity index (χ1v) is 14.9. The second kappa shape index (κ2) is 11.6. The van der Waals surface area contributed by atoms with Crippen LogP contribution in [0.4, 0.5) is 4.79 Å². The highest BCUT2D eigenvalue weighted by molar-refractivity contribution is 7.91. The SMILES string of the molecule is CN(C(=O)OCc1c(-c2ccc(O[C@@H]3CCC[C@@H](C(=O)CS(C)(=O)=O)C3)cc2)nnn1C)C1CCCC1. The third kappa shape index (κ3) is 7.09. The highest BCUT2D eigenvalue weighted by Gasteiger charge is 2.30. The maximum atomic E-state index is 12.5. The number of hydrogen-bond donors (Lipinski definition) is 0. The molecule has 11 heteroatoms. The van der Waals surface area contributed by atoms with E-state index in [2.05, 4.69) is 10.3 Å². The Morgan fingerprint density at radius 2 is 1.78 bits per heavy atom. The number of hydrogen-bond acceptors (Lipinski definition) is 8. The van der Waals surface area contributed by atoms with E-state index < -0.39 is 15.6 Å². The lowest BCUT2D eigenvalue weighted by Gasteiger charge is -2.28. The molecule has 1 heterocycles. The maximum Gasteiger partial charge on any atom is 0.410 e. The number of sulfone groups is 1. The van der Waals surface area contributed by atoms with Crippen LogP contribution in [0, 0.1) is 5.92 Å². The van der Waals surface area contributed by atoms with Crippen molar-refractivity contribution in [2.24, 2.45) is 13.0 Å². The lowest BCUT2D eigenvalue weighted by Crippen LogP contribution is -2.35. The predicted molar refractivity (Wildman–Crippen MR) is 138 cm³/mol. The largest absolute Gasteiger partial charge is 0.490 e. The van der Waals surface area contributed by atoms with Crippen molar-refractivity contribution >= 4 is 21.7 Å². The summed E-state index contributed by atoms with van der Waals surface area (Å²) in [5.41, 5.74) is 2.15. The van der Waals surface area contributed by atoms with Crippen LogP contribution in [0.1, 0.15) is 57.1 Å². The molecule has 2 saturated carbocycles. The molecule has 1 aromatic heterocycles. The topological polar surface area (TPSA) is 121 Å². The number of nitrogens with zero attached hydrogens (tertiary/aromatic N) is 4. The minimum atomic E-state index is -3.33. The van der Waals surface area contributed by atoms with Gasteiger partial charge < -0.3 is 14.4 Å². The Morgan fingerprint density at radius 1 is 1.08 bits per heavy atom. The van der Waals surface area contributed by atoms with Gasteiger partial charge in [0.25, 0.3) is 0 Å². The van der Waals surface area contributed by atoms with Gasteiger partial charge in [-0.15, -0.1) is 5.10 Å². The van der Waals surface area contributed by atoms with E-state index in [0.29, 0.717) is 30.0 Å². The van der Waals surface area contributed by atoms with Gasteiger partial charge in [0.1, 0.15) is 29.5 Å². The molecule has 2 atom stereocenters. The molecule has 1 aromatic carbocycles. The summed E-state index contributed by atoms with van der Waals surface area (Å²) in [6.07, 6.45) is 7.76. The molecular formula is C26H36N4O6S. The first kappa shape index (κ1) is 27.1. The predicted octanol–water partition coefficient (Wildman–Crippen LogP) is 3.54. The number of ketones is 1. The van der Waals surface area contributed by atoms with Crippen molar-refractivity contribution in [3.8, 4) is 17.0 Å². The number of ether oxygens (including phenoxy) is 2. The fourth-order valence-electron chi connectivity index (χ4n) is 5.24. The van der Waals surface area contributed by atoms with Gasteiger partial charge in [0.15, 0.2) is 15.6 Å². The van der Waals surface area contributed by atoms with Crippen molar-refractivity contribution in [1.29, 1.82) is 0 Å². The van der Waals surface area contributed by atoms with Gasteiger partial charge in [-0.2, -0.15) is 0 Å². The lowest BCUT2D eigenvalue weighted by atomic mass is 9.85. The summed E-state index contributed by atoms with van der Waals surface area (Å²) in [6, 6.07) is 7.68. The molecule has 0 aliphatic heterocycles. The van der Waals surface area contributed by atoms with Crippen LogP contribution >= 0.6 is 0 Å². The quantitative estimate of drug-likeness (QED) is 0.481. The van der Waals surface area contributed by atoms with Crippen molar-refractivity contribution in [3.05, 3.63) is 30.0 Å². The summed E-state index contributed by atoms with van der Waals surface area (Å²) in [5.74, 6) is -0.257. The first-order valence-electron chi connectivity index (χ1n) is 12.9. The maximum absolute atomic E-state index is 12.5. The molecule has 1 amide bonds. The molecule has 37 heavy (non-hydrogen) atoms. The number of carbonyl (C=O) groups is 2. The standard InChI is InChI=1S/C26H36N4O6S/c1-29(20-8-4-5-9-20)26(32)35-16-23-25(27-28-30(23)2)18-11-13-21(14-12-18)36-22-10-6-7-19(15-22)24(31)17-37(3,33)34/h11-14,19-20,22H,4-10,15-17H2,1-3H3/t19-,22-/m1/s1. The van der Waals surface area contributed by atoms with Gasteiger partial charge >= 0.3 is 6.09 Å². The molecule has 10 nitrogen and oxygen atoms in total. The normalized spacial score (nSPS) is 20.5. The van der Waals surface area contributed by atoms with Crippen molar-refractivity contribution in [2.45, 2.75) is 70.1 Å². The third-order valence-electron chi connectivity index (χ3n) is 7.35. The van der Waals surface area contributed by atoms with Crippen LogP contribution in [0.2, 0.25) is 0 Å². The van der Waals surface area contributed by atoms with E-state index >= 15 is 0 Å². The van der Waals surface area contributed by atoms with Crippen LogP contribution in [0.3, 0.4) is 0 Å². The van der Waals surface area contributed by atoms with Crippen LogP contribution in [0.5, 0.6) is 5.75 Å². The zero-order valence-electron chi connectivity index (χ0n) is 21.8. The van der Waals surface area contributed by atoms with E-state index in [-0.39, 0.29) is 36.5 Å². The molecule has 0 bridgehead atoms.